The van der Waals surface area contributed by atoms with E-state index in [1.165, 1.54) is 0 Å². The number of aromatic nitrogens is 3. The number of anilines is 2. The summed E-state index contributed by atoms with van der Waals surface area (Å²) in [6.07, 6.45) is 1.11. The number of rotatable bonds is 3. The van der Waals surface area contributed by atoms with Gasteiger partial charge in [0.15, 0.2) is 5.13 Å². The fourth-order valence-corrected chi connectivity index (χ4v) is 2.93. The lowest BCUT2D eigenvalue weighted by molar-refractivity contribution is 0.698. The van der Waals surface area contributed by atoms with Crippen LogP contribution in [0.5, 0.6) is 0 Å². The fraction of sp³-hybridized carbons (Fsp3) is 0.462. The average molecular weight is 275 g/mol. The minimum Gasteiger partial charge on any atom is -0.316 e. The maximum atomic E-state index is 4.62. The molecule has 1 fully saturated rings. The molecular weight excluding hydrogens is 258 g/mol. The van der Waals surface area contributed by atoms with E-state index in [1.54, 1.807) is 11.3 Å². The van der Waals surface area contributed by atoms with Crippen LogP contribution in [0, 0.1) is 13.8 Å². The Kier molecular flexibility index (Phi) is 3.44. The van der Waals surface area contributed by atoms with Crippen LogP contribution in [0.2, 0.25) is 0 Å². The SMILES string of the molecule is Cc1cc(Nc2nc(C)cs2)nc(C2CCNC2)n1. The highest BCUT2D eigenvalue weighted by Crippen LogP contribution is 2.23. The maximum absolute atomic E-state index is 4.62. The Bertz CT molecular complexity index is 574. The smallest absolute Gasteiger partial charge is 0.188 e. The van der Waals surface area contributed by atoms with Gasteiger partial charge in [-0.25, -0.2) is 15.0 Å². The van der Waals surface area contributed by atoms with E-state index in [0.29, 0.717) is 5.92 Å². The van der Waals surface area contributed by atoms with Crippen molar-refractivity contribution in [1.82, 2.24) is 20.3 Å². The van der Waals surface area contributed by atoms with Crippen molar-refractivity contribution in [2.45, 2.75) is 26.2 Å². The Labute approximate surface area is 116 Å². The van der Waals surface area contributed by atoms with Crippen molar-refractivity contribution in [2.24, 2.45) is 0 Å². The van der Waals surface area contributed by atoms with E-state index in [2.05, 4.69) is 25.6 Å². The number of thiazole rings is 1. The van der Waals surface area contributed by atoms with Crippen LogP contribution < -0.4 is 10.6 Å². The van der Waals surface area contributed by atoms with Gasteiger partial charge in [-0.15, -0.1) is 11.3 Å². The lowest BCUT2D eigenvalue weighted by atomic mass is 10.1. The highest BCUT2D eigenvalue weighted by atomic mass is 32.1. The number of nitrogens with zero attached hydrogens (tertiary/aromatic N) is 3. The first-order chi connectivity index (χ1) is 9.20. The number of nitrogens with one attached hydrogen (secondary N) is 2. The first-order valence-corrected chi connectivity index (χ1v) is 7.34. The zero-order valence-corrected chi connectivity index (χ0v) is 11.9. The molecule has 19 heavy (non-hydrogen) atoms. The van der Waals surface area contributed by atoms with E-state index in [-0.39, 0.29) is 0 Å². The predicted octanol–water partition coefficient (Wildman–Crippen LogP) is 2.37. The Morgan fingerprint density at radius 2 is 2.16 bits per heavy atom. The van der Waals surface area contributed by atoms with Gasteiger partial charge < -0.3 is 10.6 Å². The van der Waals surface area contributed by atoms with Crippen LogP contribution in [0.3, 0.4) is 0 Å². The summed E-state index contributed by atoms with van der Waals surface area (Å²) in [4.78, 5) is 13.6. The minimum absolute atomic E-state index is 0.429. The van der Waals surface area contributed by atoms with Gasteiger partial charge in [-0.05, 0) is 26.8 Å². The molecule has 0 spiro atoms. The van der Waals surface area contributed by atoms with E-state index < -0.39 is 0 Å². The lowest BCUT2D eigenvalue weighted by Gasteiger charge is -2.10. The molecule has 3 heterocycles. The third-order valence-electron chi connectivity index (χ3n) is 3.15. The molecular formula is C13H17N5S. The first-order valence-electron chi connectivity index (χ1n) is 6.46. The van der Waals surface area contributed by atoms with Crippen molar-refractivity contribution in [1.29, 1.82) is 0 Å². The van der Waals surface area contributed by atoms with Gasteiger partial charge in [0.05, 0.1) is 5.69 Å². The highest BCUT2D eigenvalue weighted by molar-refractivity contribution is 7.13. The lowest BCUT2D eigenvalue weighted by Crippen LogP contribution is -2.11. The molecule has 6 heteroatoms. The van der Waals surface area contributed by atoms with Gasteiger partial charge in [-0.2, -0.15) is 0 Å². The van der Waals surface area contributed by atoms with Crippen LogP contribution in [0.1, 0.15) is 29.6 Å². The van der Waals surface area contributed by atoms with E-state index in [1.807, 2.05) is 25.3 Å². The van der Waals surface area contributed by atoms with Crippen LogP contribution in [0.25, 0.3) is 0 Å². The highest BCUT2D eigenvalue weighted by Gasteiger charge is 2.20. The molecule has 1 saturated heterocycles. The van der Waals surface area contributed by atoms with Crippen LogP contribution in [-0.2, 0) is 0 Å². The largest absolute Gasteiger partial charge is 0.316 e. The van der Waals surface area contributed by atoms with Gasteiger partial charge in [0.25, 0.3) is 0 Å². The second-order valence-electron chi connectivity index (χ2n) is 4.86. The van der Waals surface area contributed by atoms with Gasteiger partial charge in [0, 0.05) is 29.6 Å². The molecule has 2 aromatic heterocycles. The molecule has 1 aliphatic heterocycles. The van der Waals surface area contributed by atoms with E-state index in [4.69, 9.17) is 0 Å². The second-order valence-corrected chi connectivity index (χ2v) is 5.72. The molecule has 0 amide bonds. The zero-order chi connectivity index (χ0) is 13.2. The van der Waals surface area contributed by atoms with Gasteiger partial charge in [0.2, 0.25) is 0 Å². The summed E-state index contributed by atoms with van der Waals surface area (Å²) in [5.74, 6) is 2.20. The van der Waals surface area contributed by atoms with Crippen LogP contribution in [0.15, 0.2) is 11.4 Å². The van der Waals surface area contributed by atoms with Crippen molar-refractivity contribution in [3.05, 3.63) is 28.7 Å². The standard InChI is InChI=1S/C13H17N5S/c1-8-5-11(18-13-16-9(2)7-19-13)17-12(15-8)10-3-4-14-6-10/h5,7,10,14H,3-4,6H2,1-2H3,(H,15,16,17,18). The summed E-state index contributed by atoms with van der Waals surface area (Å²) in [6.45, 7) is 6.02. The van der Waals surface area contributed by atoms with Crippen molar-refractivity contribution in [3.8, 4) is 0 Å². The van der Waals surface area contributed by atoms with Crippen molar-refractivity contribution in [2.75, 3.05) is 18.4 Å². The third-order valence-corrected chi connectivity index (χ3v) is 4.03. The first kappa shape index (κ1) is 12.5. The summed E-state index contributed by atoms with van der Waals surface area (Å²) in [5, 5.41) is 9.52. The molecule has 5 nitrogen and oxygen atoms in total. The van der Waals surface area contributed by atoms with Crippen LogP contribution in [-0.4, -0.2) is 28.0 Å². The quantitative estimate of drug-likeness (QED) is 0.900. The summed E-state index contributed by atoms with van der Waals surface area (Å²) in [7, 11) is 0. The third kappa shape index (κ3) is 2.90. The van der Waals surface area contributed by atoms with E-state index >= 15 is 0 Å². The molecule has 1 atom stereocenters. The van der Waals surface area contributed by atoms with E-state index in [9.17, 15) is 0 Å². The molecule has 1 unspecified atom stereocenters. The van der Waals surface area contributed by atoms with Crippen molar-refractivity contribution < 1.29 is 0 Å². The molecule has 0 saturated carbocycles. The Morgan fingerprint density at radius 3 is 2.84 bits per heavy atom. The van der Waals surface area contributed by atoms with E-state index in [0.717, 1.165) is 47.7 Å². The summed E-state index contributed by atoms with van der Waals surface area (Å²) in [5.41, 5.74) is 2.02. The zero-order valence-electron chi connectivity index (χ0n) is 11.1. The molecule has 1 aliphatic rings. The van der Waals surface area contributed by atoms with Gasteiger partial charge in [0.1, 0.15) is 11.6 Å². The van der Waals surface area contributed by atoms with Crippen LogP contribution >= 0.6 is 11.3 Å². The van der Waals surface area contributed by atoms with Gasteiger partial charge in [-0.1, -0.05) is 0 Å². The topological polar surface area (TPSA) is 62.7 Å². The molecule has 3 rings (SSSR count). The van der Waals surface area contributed by atoms with Crippen LogP contribution in [0.4, 0.5) is 10.9 Å². The Hall–Kier alpha value is -1.53. The summed E-state index contributed by atoms with van der Waals surface area (Å²) in [6, 6.07) is 1.96. The monoisotopic (exact) mass is 275 g/mol. The molecule has 100 valence electrons. The van der Waals surface area contributed by atoms with Gasteiger partial charge >= 0.3 is 0 Å². The molecule has 2 N–H and O–H groups in total. The molecule has 0 bridgehead atoms. The number of aryl methyl sites for hydroxylation is 2. The normalized spacial score (nSPS) is 18.7. The number of hydrogen-bond acceptors (Lipinski definition) is 6. The number of hydrogen-bond donors (Lipinski definition) is 2. The average Bonchev–Trinajstić information content (AvgIpc) is 3.00. The molecule has 0 aromatic carbocycles. The molecule has 0 aliphatic carbocycles. The molecule has 2 aromatic rings. The fourth-order valence-electron chi connectivity index (χ4n) is 2.23. The Balaban J connectivity index is 1.84. The minimum atomic E-state index is 0.429. The maximum Gasteiger partial charge on any atom is 0.188 e. The summed E-state index contributed by atoms with van der Waals surface area (Å²) < 4.78 is 0. The summed E-state index contributed by atoms with van der Waals surface area (Å²) >= 11 is 1.59. The van der Waals surface area contributed by atoms with Crippen molar-refractivity contribution >= 4 is 22.3 Å². The predicted molar refractivity (Wildman–Crippen MR) is 77.1 cm³/mol. The van der Waals surface area contributed by atoms with Crippen molar-refractivity contribution in [3.63, 3.8) is 0 Å². The Morgan fingerprint density at radius 1 is 1.26 bits per heavy atom. The second kappa shape index (κ2) is 5.22. The van der Waals surface area contributed by atoms with Gasteiger partial charge in [-0.3, -0.25) is 0 Å². The molecule has 0 radical (unpaired) electrons.